The minimum absolute atomic E-state index is 0.0659. The van der Waals surface area contributed by atoms with Crippen LogP contribution in [0.4, 0.5) is 0 Å². The summed E-state index contributed by atoms with van der Waals surface area (Å²) >= 11 is 5.94. The van der Waals surface area contributed by atoms with Crippen LogP contribution in [0, 0.1) is 6.92 Å². The van der Waals surface area contributed by atoms with Crippen LogP contribution in [-0.2, 0) is 6.61 Å². The first-order valence-corrected chi connectivity index (χ1v) is 5.42. The predicted octanol–water partition coefficient (Wildman–Crippen LogP) is 3.20. The summed E-state index contributed by atoms with van der Waals surface area (Å²) in [6.07, 6.45) is 0. The molecule has 0 spiro atoms. The van der Waals surface area contributed by atoms with Gasteiger partial charge in [0.1, 0.15) is 0 Å². The SMILES string of the molecule is Cc1ccc(-c2cccc(Cl)c2)c(CO)n1. The van der Waals surface area contributed by atoms with Crippen LogP contribution in [0.5, 0.6) is 0 Å². The number of aliphatic hydroxyl groups is 1. The van der Waals surface area contributed by atoms with E-state index in [1.54, 1.807) is 0 Å². The Morgan fingerprint density at radius 3 is 2.75 bits per heavy atom. The fourth-order valence-electron chi connectivity index (χ4n) is 1.65. The lowest BCUT2D eigenvalue weighted by molar-refractivity contribution is 0.277. The highest BCUT2D eigenvalue weighted by Gasteiger charge is 2.06. The zero-order chi connectivity index (χ0) is 11.5. The molecule has 0 aliphatic heterocycles. The van der Waals surface area contributed by atoms with Crippen LogP contribution < -0.4 is 0 Å². The summed E-state index contributed by atoms with van der Waals surface area (Å²) in [7, 11) is 0. The summed E-state index contributed by atoms with van der Waals surface area (Å²) < 4.78 is 0. The minimum Gasteiger partial charge on any atom is -0.390 e. The van der Waals surface area contributed by atoms with Gasteiger partial charge in [0.05, 0.1) is 12.3 Å². The molecule has 0 radical (unpaired) electrons. The van der Waals surface area contributed by atoms with Crippen LogP contribution in [0.15, 0.2) is 36.4 Å². The molecule has 16 heavy (non-hydrogen) atoms. The maximum Gasteiger partial charge on any atom is 0.0859 e. The van der Waals surface area contributed by atoms with Crippen LogP contribution in [0.3, 0.4) is 0 Å². The molecule has 0 aliphatic rings. The fraction of sp³-hybridized carbons (Fsp3) is 0.154. The van der Waals surface area contributed by atoms with Crippen molar-refractivity contribution < 1.29 is 5.11 Å². The summed E-state index contributed by atoms with van der Waals surface area (Å²) in [5.74, 6) is 0. The predicted molar refractivity (Wildman–Crippen MR) is 65.3 cm³/mol. The van der Waals surface area contributed by atoms with Gasteiger partial charge in [0.15, 0.2) is 0 Å². The molecule has 0 saturated carbocycles. The minimum atomic E-state index is -0.0659. The van der Waals surface area contributed by atoms with Gasteiger partial charge in [-0.1, -0.05) is 29.8 Å². The standard InChI is InChI=1S/C13H12ClNO/c1-9-5-6-12(13(8-16)15-9)10-3-2-4-11(14)7-10/h2-7,16H,8H2,1H3. The highest BCUT2D eigenvalue weighted by molar-refractivity contribution is 6.30. The molecule has 0 unspecified atom stereocenters. The van der Waals surface area contributed by atoms with E-state index >= 15 is 0 Å². The molecule has 82 valence electrons. The van der Waals surface area contributed by atoms with Crippen molar-refractivity contribution in [1.29, 1.82) is 0 Å². The third kappa shape index (κ3) is 2.23. The Hall–Kier alpha value is -1.38. The second-order valence-corrected chi connectivity index (χ2v) is 4.05. The van der Waals surface area contributed by atoms with Crippen LogP contribution in [0.1, 0.15) is 11.4 Å². The van der Waals surface area contributed by atoms with E-state index in [1.165, 1.54) is 0 Å². The topological polar surface area (TPSA) is 33.1 Å². The first kappa shape index (κ1) is 11.1. The van der Waals surface area contributed by atoms with E-state index in [0.717, 1.165) is 16.8 Å². The van der Waals surface area contributed by atoms with Crippen molar-refractivity contribution in [3.8, 4) is 11.1 Å². The quantitative estimate of drug-likeness (QED) is 0.864. The van der Waals surface area contributed by atoms with E-state index in [2.05, 4.69) is 4.98 Å². The van der Waals surface area contributed by atoms with Gasteiger partial charge in [-0.15, -0.1) is 0 Å². The van der Waals surface area contributed by atoms with Crippen LogP contribution in [-0.4, -0.2) is 10.1 Å². The molecule has 0 bridgehead atoms. The maximum absolute atomic E-state index is 9.28. The molecular formula is C13H12ClNO. The summed E-state index contributed by atoms with van der Waals surface area (Å²) in [6.45, 7) is 1.84. The van der Waals surface area contributed by atoms with E-state index in [4.69, 9.17) is 11.6 Å². The van der Waals surface area contributed by atoms with Gasteiger partial charge < -0.3 is 5.11 Å². The van der Waals surface area contributed by atoms with Crippen molar-refractivity contribution in [2.75, 3.05) is 0 Å². The maximum atomic E-state index is 9.28. The van der Waals surface area contributed by atoms with E-state index < -0.39 is 0 Å². The summed E-state index contributed by atoms with van der Waals surface area (Å²) in [5, 5.41) is 9.96. The number of benzene rings is 1. The number of rotatable bonds is 2. The molecule has 2 nitrogen and oxygen atoms in total. The number of hydrogen-bond acceptors (Lipinski definition) is 2. The molecule has 0 saturated heterocycles. The van der Waals surface area contributed by atoms with Crippen LogP contribution >= 0.6 is 11.6 Å². The Bertz CT molecular complexity index is 511. The lowest BCUT2D eigenvalue weighted by atomic mass is 10.0. The van der Waals surface area contributed by atoms with E-state index in [-0.39, 0.29) is 6.61 Å². The third-order valence-electron chi connectivity index (χ3n) is 2.40. The fourth-order valence-corrected chi connectivity index (χ4v) is 1.84. The lowest BCUT2D eigenvalue weighted by Crippen LogP contribution is -1.95. The molecule has 2 rings (SSSR count). The highest BCUT2D eigenvalue weighted by Crippen LogP contribution is 2.25. The number of aryl methyl sites for hydroxylation is 1. The average Bonchev–Trinajstić information content (AvgIpc) is 2.28. The van der Waals surface area contributed by atoms with E-state index in [1.807, 2.05) is 43.3 Å². The molecule has 0 fully saturated rings. The number of nitrogens with zero attached hydrogens (tertiary/aromatic N) is 1. The molecule has 1 heterocycles. The van der Waals surface area contributed by atoms with Crippen molar-refractivity contribution in [3.05, 3.63) is 52.8 Å². The highest BCUT2D eigenvalue weighted by atomic mass is 35.5. The van der Waals surface area contributed by atoms with Gasteiger partial charge in [-0.25, -0.2) is 0 Å². The zero-order valence-electron chi connectivity index (χ0n) is 8.94. The third-order valence-corrected chi connectivity index (χ3v) is 2.63. The number of halogens is 1. The van der Waals surface area contributed by atoms with Crippen LogP contribution in [0.2, 0.25) is 5.02 Å². The van der Waals surface area contributed by atoms with Gasteiger partial charge in [0, 0.05) is 16.3 Å². The van der Waals surface area contributed by atoms with Gasteiger partial charge in [0.25, 0.3) is 0 Å². The van der Waals surface area contributed by atoms with Gasteiger partial charge in [-0.05, 0) is 30.7 Å². The number of aromatic nitrogens is 1. The monoisotopic (exact) mass is 233 g/mol. The zero-order valence-corrected chi connectivity index (χ0v) is 9.70. The number of aliphatic hydroxyl groups excluding tert-OH is 1. The summed E-state index contributed by atoms with van der Waals surface area (Å²) in [5.41, 5.74) is 3.48. The molecule has 1 aromatic carbocycles. The first-order valence-electron chi connectivity index (χ1n) is 5.04. The van der Waals surface area contributed by atoms with Crippen molar-refractivity contribution >= 4 is 11.6 Å². The van der Waals surface area contributed by atoms with Gasteiger partial charge in [-0.2, -0.15) is 0 Å². The van der Waals surface area contributed by atoms with Gasteiger partial charge >= 0.3 is 0 Å². The molecule has 3 heteroatoms. The Balaban J connectivity index is 2.55. The van der Waals surface area contributed by atoms with Crippen molar-refractivity contribution in [2.45, 2.75) is 13.5 Å². The van der Waals surface area contributed by atoms with E-state index in [0.29, 0.717) is 10.7 Å². The van der Waals surface area contributed by atoms with Crippen molar-refractivity contribution in [3.63, 3.8) is 0 Å². The smallest absolute Gasteiger partial charge is 0.0859 e. The Kier molecular flexibility index (Phi) is 3.22. The van der Waals surface area contributed by atoms with E-state index in [9.17, 15) is 5.11 Å². The molecule has 1 N–H and O–H groups in total. The molecular weight excluding hydrogens is 222 g/mol. The van der Waals surface area contributed by atoms with Crippen molar-refractivity contribution in [2.24, 2.45) is 0 Å². The summed E-state index contributed by atoms with van der Waals surface area (Å²) in [6, 6.07) is 11.4. The Morgan fingerprint density at radius 1 is 1.25 bits per heavy atom. The second kappa shape index (κ2) is 4.64. The number of pyridine rings is 1. The van der Waals surface area contributed by atoms with Crippen LogP contribution in [0.25, 0.3) is 11.1 Å². The molecule has 1 aromatic heterocycles. The Labute approximate surface area is 99.5 Å². The molecule has 2 aromatic rings. The lowest BCUT2D eigenvalue weighted by Gasteiger charge is -2.08. The Morgan fingerprint density at radius 2 is 2.06 bits per heavy atom. The first-order chi connectivity index (χ1) is 7.70. The molecule has 0 aliphatic carbocycles. The molecule has 0 atom stereocenters. The van der Waals surface area contributed by atoms with Gasteiger partial charge in [0.2, 0.25) is 0 Å². The second-order valence-electron chi connectivity index (χ2n) is 3.62. The van der Waals surface area contributed by atoms with Gasteiger partial charge in [-0.3, -0.25) is 4.98 Å². The molecule has 0 amide bonds. The number of hydrogen-bond donors (Lipinski definition) is 1. The normalized spacial score (nSPS) is 10.4. The summed E-state index contributed by atoms with van der Waals surface area (Å²) in [4.78, 5) is 4.30. The van der Waals surface area contributed by atoms with Crippen molar-refractivity contribution in [1.82, 2.24) is 4.98 Å². The average molecular weight is 234 g/mol. The largest absolute Gasteiger partial charge is 0.390 e.